The van der Waals surface area contributed by atoms with Crippen molar-refractivity contribution in [3.8, 4) is 5.75 Å². The van der Waals surface area contributed by atoms with Gasteiger partial charge < -0.3 is 14.5 Å². The Balaban J connectivity index is 1.68. The van der Waals surface area contributed by atoms with E-state index in [1.807, 2.05) is 38.1 Å². The summed E-state index contributed by atoms with van der Waals surface area (Å²) in [5, 5.41) is 3.54. The van der Waals surface area contributed by atoms with Crippen LogP contribution < -0.4 is 10.1 Å². The maximum Gasteiger partial charge on any atom is 0.255 e. The Morgan fingerprint density at radius 3 is 2.20 bits per heavy atom. The molecule has 1 heterocycles. The van der Waals surface area contributed by atoms with E-state index in [-0.39, 0.29) is 23.6 Å². The molecule has 0 unspecified atom stereocenters. The molecule has 0 aliphatic rings. The van der Waals surface area contributed by atoms with Gasteiger partial charge in [-0.1, -0.05) is 42.5 Å². The van der Waals surface area contributed by atoms with E-state index in [4.69, 9.17) is 9.15 Å². The number of rotatable bonds is 6. The first-order valence-electron chi connectivity index (χ1n) is 9.72. The van der Waals surface area contributed by atoms with Gasteiger partial charge in [-0.05, 0) is 50.2 Å². The van der Waals surface area contributed by atoms with Gasteiger partial charge in [0.15, 0.2) is 5.76 Å². The molecule has 0 saturated carbocycles. The maximum atomic E-state index is 13.0. The second kappa shape index (κ2) is 8.25. The molecule has 0 radical (unpaired) electrons. The van der Waals surface area contributed by atoms with Crippen LogP contribution in [-0.2, 0) is 0 Å². The van der Waals surface area contributed by atoms with Crippen molar-refractivity contribution in [1.29, 1.82) is 0 Å². The van der Waals surface area contributed by atoms with Crippen molar-refractivity contribution < 1.29 is 18.7 Å². The van der Waals surface area contributed by atoms with Crippen molar-refractivity contribution in [2.45, 2.75) is 20.0 Å². The van der Waals surface area contributed by atoms with E-state index >= 15 is 0 Å². The van der Waals surface area contributed by atoms with Crippen LogP contribution in [-0.4, -0.2) is 17.8 Å². The average molecular weight is 399 g/mol. The molecule has 150 valence electrons. The van der Waals surface area contributed by atoms with E-state index in [1.54, 1.807) is 54.6 Å². The summed E-state index contributed by atoms with van der Waals surface area (Å²) in [6.45, 7) is 3.88. The zero-order valence-electron chi connectivity index (χ0n) is 16.7. The van der Waals surface area contributed by atoms with Crippen LogP contribution in [0.5, 0.6) is 5.75 Å². The lowest BCUT2D eigenvalue weighted by Gasteiger charge is -2.10. The molecule has 0 bridgehead atoms. The molecule has 1 N–H and O–H groups in total. The molecule has 1 amide bonds. The fourth-order valence-corrected chi connectivity index (χ4v) is 3.19. The van der Waals surface area contributed by atoms with Gasteiger partial charge >= 0.3 is 0 Å². The Labute approximate surface area is 174 Å². The number of benzene rings is 3. The molecule has 4 rings (SSSR count). The van der Waals surface area contributed by atoms with Gasteiger partial charge in [0.25, 0.3) is 5.91 Å². The number of para-hydroxylation sites is 1. The predicted molar refractivity (Wildman–Crippen MR) is 116 cm³/mol. The van der Waals surface area contributed by atoms with Crippen LogP contribution in [0, 0.1) is 0 Å². The lowest BCUT2D eigenvalue weighted by atomic mass is 10.1. The van der Waals surface area contributed by atoms with E-state index in [9.17, 15) is 9.59 Å². The molecular weight excluding hydrogens is 378 g/mol. The number of carbonyl (C=O) groups is 2. The molecule has 30 heavy (non-hydrogen) atoms. The summed E-state index contributed by atoms with van der Waals surface area (Å²) in [6.07, 6.45) is 0.0496. The summed E-state index contributed by atoms with van der Waals surface area (Å²) in [4.78, 5) is 25.9. The van der Waals surface area contributed by atoms with Crippen LogP contribution in [0.4, 0.5) is 5.69 Å². The van der Waals surface area contributed by atoms with E-state index in [1.165, 1.54) is 0 Å². The zero-order chi connectivity index (χ0) is 21.1. The summed E-state index contributed by atoms with van der Waals surface area (Å²) >= 11 is 0. The smallest absolute Gasteiger partial charge is 0.255 e. The second-order valence-corrected chi connectivity index (χ2v) is 7.14. The molecule has 0 aliphatic heterocycles. The molecule has 0 saturated heterocycles. The van der Waals surface area contributed by atoms with Crippen LogP contribution in [0.2, 0.25) is 0 Å². The number of fused-ring (bicyclic) bond motifs is 1. The van der Waals surface area contributed by atoms with Gasteiger partial charge in [-0.15, -0.1) is 0 Å². The Kier molecular flexibility index (Phi) is 5.35. The van der Waals surface area contributed by atoms with Crippen LogP contribution in [0.15, 0.2) is 83.3 Å². The Bertz CT molecular complexity index is 1190. The Hall–Kier alpha value is -3.86. The van der Waals surface area contributed by atoms with Gasteiger partial charge in [-0.25, -0.2) is 0 Å². The highest BCUT2D eigenvalue weighted by atomic mass is 16.5. The molecule has 1 aromatic heterocycles. The third-order valence-electron chi connectivity index (χ3n) is 4.56. The quantitative estimate of drug-likeness (QED) is 0.422. The fourth-order valence-electron chi connectivity index (χ4n) is 3.19. The van der Waals surface area contributed by atoms with E-state index in [0.717, 1.165) is 0 Å². The van der Waals surface area contributed by atoms with Crippen molar-refractivity contribution in [1.82, 2.24) is 0 Å². The van der Waals surface area contributed by atoms with Crippen molar-refractivity contribution in [2.75, 3.05) is 5.32 Å². The summed E-state index contributed by atoms with van der Waals surface area (Å²) < 4.78 is 11.5. The van der Waals surface area contributed by atoms with Gasteiger partial charge in [0, 0.05) is 16.5 Å². The number of ether oxygens (including phenoxy) is 1. The molecule has 0 atom stereocenters. The highest BCUT2D eigenvalue weighted by molar-refractivity contribution is 6.18. The Morgan fingerprint density at radius 2 is 1.50 bits per heavy atom. The van der Waals surface area contributed by atoms with Crippen molar-refractivity contribution in [2.24, 2.45) is 0 Å². The number of furan rings is 1. The first kappa shape index (κ1) is 19.5. The number of ketones is 1. The molecule has 4 aromatic rings. The number of carbonyl (C=O) groups excluding carboxylic acids is 2. The van der Waals surface area contributed by atoms with Gasteiger partial charge in [-0.2, -0.15) is 0 Å². The summed E-state index contributed by atoms with van der Waals surface area (Å²) in [6, 6.07) is 23.0. The van der Waals surface area contributed by atoms with Crippen molar-refractivity contribution >= 4 is 28.3 Å². The number of hydrogen-bond acceptors (Lipinski definition) is 4. The molecular formula is C25H21NO4. The van der Waals surface area contributed by atoms with Crippen LogP contribution >= 0.6 is 0 Å². The van der Waals surface area contributed by atoms with Crippen molar-refractivity contribution in [3.63, 3.8) is 0 Å². The fraction of sp³-hybridized carbons (Fsp3) is 0.120. The molecule has 5 heteroatoms. The summed E-state index contributed by atoms with van der Waals surface area (Å²) in [5.41, 5.74) is 1.84. The second-order valence-electron chi connectivity index (χ2n) is 7.14. The average Bonchev–Trinajstić information content (AvgIpc) is 3.12. The van der Waals surface area contributed by atoms with Gasteiger partial charge in [-0.3, -0.25) is 9.59 Å². The van der Waals surface area contributed by atoms with Gasteiger partial charge in [0.2, 0.25) is 5.78 Å². The molecule has 5 nitrogen and oxygen atoms in total. The predicted octanol–water partition coefficient (Wildman–Crippen LogP) is 5.70. The molecule has 0 fully saturated rings. The topological polar surface area (TPSA) is 68.5 Å². The third kappa shape index (κ3) is 3.96. The molecule has 0 aliphatic carbocycles. The monoisotopic (exact) mass is 399 g/mol. The van der Waals surface area contributed by atoms with Crippen molar-refractivity contribution in [3.05, 3.63) is 95.7 Å². The van der Waals surface area contributed by atoms with E-state index < -0.39 is 0 Å². The minimum Gasteiger partial charge on any atom is -0.491 e. The largest absolute Gasteiger partial charge is 0.491 e. The van der Waals surface area contributed by atoms with Gasteiger partial charge in [0.05, 0.1) is 11.8 Å². The number of nitrogens with one attached hydrogen (secondary N) is 1. The van der Waals surface area contributed by atoms with E-state index in [2.05, 4.69) is 5.32 Å². The highest BCUT2D eigenvalue weighted by Gasteiger charge is 2.23. The summed E-state index contributed by atoms with van der Waals surface area (Å²) in [5.74, 6) is 0.174. The Morgan fingerprint density at radius 1 is 0.833 bits per heavy atom. The summed E-state index contributed by atoms with van der Waals surface area (Å²) in [7, 11) is 0. The SMILES string of the molecule is CC(C)Oc1ccc(C(=O)Nc2c(C(=O)c3ccccc3)oc3ccccc23)cc1. The number of hydrogen-bond donors (Lipinski definition) is 1. The minimum atomic E-state index is -0.334. The highest BCUT2D eigenvalue weighted by Crippen LogP contribution is 2.33. The van der Waals surface area contributed by atoms with Crippen LogP contribution in [0.1, 0.15) is 40.3 Å². The van der Waals surface area contributed by atoms with Gasteiger partial charge in [0.1, 0.15) is 11.3 Å². The first-order valence-corrected chi connectivity index (χ1v) is 9.72. The standard InChI is InChI=1S/C25H21NO4/c1-16(2)29-19-14-12-18(13-15-19)25(28)26-22-20-10-6-7-11-21(20)30-24(22)23(27)17-8-4-3-5-9-17/h3-16H,1-2H3,(H,26,28). The lowest BCUT2D eigenvalue weighted by molar-refractivity contribution is 0.101. The van der Waals surface area contributed by atoms with E-state index in [0.29, 0.717) is 33.5 Å². The van der Waals surface area contributed by atoms with Crippen LogP contribution in [0.25, 0.3) is 11.0 Å². The van der Waals surface area contributed by atoms with Crippen LogP contribution in [0.3, 0.4) is 0 Å². The minimum absolute atomic E-state index is 0.0496. The number of amides is 1. The number of anilines is 1. The molecule has 3 aromatic carbocycles. The zero-order valence-corrected chi connectivity index (χ0v) is 16.7. The molecule has 0 spiro atoms. The maximum absolute atomic E-state index is 13.0. The third-order valence-corrected chi connectivity index (χ3v) is 4.56. The first-order chi connectivity index (χ1) is 14.5. The normalized spacial score (nSPS) is 10.9. The lowest BCUT2D eigenvalue weighted by Crippen LogP contribution is -2.14.